The van der Waals surface area contributed by atoms with Gasteiger partial charge in [0.05, 0.1) is 16.3 Å². The number of para-hydroxylation sites is 1. The van der Waals surface area contributed by atoms with Crippen molar-refractivity contribution < 1.29 is 17.6 Å². The molecule has 152 valence electrons. The Morgan fingerprint density at radius 3 is 2.27 bits per heavy atom. The van der Waals surface area contributed by atoms with Gasteiger partial charge in [-0.05, 0) is 37.3 Å². The summed E-state index contributed by atoms with van der Waals surface area (Å²) in [5.41, 5.74) is 2.16. The van der Waals surface area contributed by atoms with Crippen molar-refractivity contribution in [2.75, 3.05) is 5.32 Å². The molecule has 0 saturated heterocycles. The average Bonchev–Trinajstić information content (AvgIpc) is 2.85. The Morgan fingerprint density at radius 2 is 1.57 bits per heavy atom. The van der Waals surface area contributed by atoms with Crippen molar-refractivity contribution in [2.45, 2.75) is 18.0 Å². The lowest BCUT2D eigenvalue weighted by atomic mass is 10.0. The first-order valence-corrected chi connectivity index (χ1v) is 10.7. The number of aliphatic imine (C=N–C) groups is 1. The molecule has 0 fully saturated rings. The highest BCUT2D eigenvalue weighted by molar-refractivity contribution is 7.89. The molecule has 1 atom stereocenters. The van der Waals surface area contributed by atoms with E-state index in [9.17, 15) is 17.6 Å². The lowest BCUT2D eigenvalue weighted by Gasteiger charge is -2.14. The second kappa shape index (κ2) is 7.81. The van der Waals surface area contributed by atoms with Crippen molar-refractivity contribution in [2.24, 2.45) is 4.99 Å². The molecular weight excluding hydrogens is 405 g/mol. The van der Waals surface area contributed by atoms with Crippen LogP contribution in [0.1, 0.15) is 16.7 Å². The zero-order valence-corrected chi connectivity index (χ0v) is 16.8. The van der Waals surface area contributed by atoms with Gasteiger partial charge in [-0.3, -0.25) is 9.79 Å². The van der Waals surface area contributed by atoms with Gasteiger partial charge in [0.25, 0.3) is 5.91 Å². The van der Waals surface area contributed by atoms with Crippen LogP contribution in [0, 0.1) is 12.7 Å². The van der Waals surface area contributed by atoms with Crippen molar-refractivity contribution in [3.05, 3.63) is 95.3 Å². The Labute approximate surface area is 173 Å². The van der Waals surface area contributed by atoms with Crippen LogP contribution in [0.3, 0.4) is 0 Å². The number of benzodiazepines with no additional fused rings is 1. The number of hydrogen-bond donors (Lipinski definition) is 2. The fourth-order valence-electron chi connectivity index (χ4n) is 3.14. The summed E-state index contributed by atoms with van der Waals surface area (Å²) < 4.78 is 42.5. The van der Waals surface area contributed by atoms with Gasteiger partial charge in [0.15, 0.2) is 6.17 Å². The molecule has 0 aromatic heterocycles. The Bertz CT molecular complexity index is 1250. The van der Waals surface area contributed by atoms with E-state index in [0.29, 0.717) is 11.3 Å². The molecule has 0 radical (unpaired) electrons. The second-order valence-corrected chi connectivity index (χ2v) is 8.54. The summed E-state index contributed by atoms with van der Waals surface area (Å²) in [6.45, 7) is 1.84. The highest BCUT2D eigenvalue weighted by Gasteiger charge is 2.30. The smallest absolute Gasteiger partial charge is 0.264 e. The molecule has 6 nitrogen and oxygen atoms in total. The van der Waals surface area contributed by atoms with Gasteiger partial charge in [-0.1, -0.05) is 48.0 Å². The number of carbonyl (C=O) groups excluding carboxylic acids is 1. The monoisotopic (exact) mass is 423 g/mol. The van der Waals surface area contributed by atoms with Crippen LogP contribution in [0.5, 0.6) is 0 Å². The van der Waals surface area contributed by atoms with Gasteiger partial charge >= 0.3 is 0 Å². The SMILES string of the molecule is Cc1ccc(S(=O)(=O)NC2N=C(c3ccccc3F)c3ccccc3NC2=O)cc1. The number of aryl methyl sites for hydroxylation is 1. The van der Waals surface area contributed by atoms with E-state index in [2.05, 4.69) is 15.0 Å². The van der Waals surface area contributed by atoms with E-state index in [1.165, 1.54) is 24.3 Å². The molecule has 2 N–H and O–H groups in total. The number of sulfonamides is 1. The van der Waals surface area contributed by atoms with Crippen molar-refractivity contribution >= 4 is 27.3 Å². The topological polar surface area (TPSA) is 87.6 Å². The Morgan fingerprint density at radius 1 is 0.933 bits per heavy atom. The van der Waals surface area contributed by atoms with E-state index in [0.717, 1.165) is 5.56 Å². The number of benzene rings is 3. The fourth-order valence-corrected chi connectivity index (χ4v) is 4.22. The lowest BCUT2D eigenvalue weighted by Crippen LogP contribution is -2.42. The zero-order valence-electron chi connectivity index (χ0n) is 16.0. The molecule has 1 aliphatic heterocycles. The predicted molar refractivity (Wildman–Crippen MR) is 112 cm³/mol. The van der Waals surface area contributed by atoms with Crippen LogP contribution in [-0.4, -0.2) is 26.2 Å². The minimum absolute atomic E-state index is 0.00491. The van der Waals surface area contributed by atoms with Crippen molar-refractivity contribution in [1.29, 1.82) is 0 Å². The highest BCUT2D eigenvalue weighted by Crippen LogP contribution is 2.25. The molecule has 3 aromatic carbocycles. The molecule has 0 saturated carbocycles. The van der Waals surface area contributed by atoms with Gasteiger partial charge < -0.3 is 5.32 Å². The van der Waals surface area contributed by atoms with Gasteiger partial charge in [0.2, 0.25) is 10.0 Å². The highest BCUT2D eigenvalue weighted by atomic mass is 32.2. The first kappa shape index (κ1) is 19.9. The third-order valence-corrected chi connectivity index (χ3v) is 6.10. The summed E-state index contributed by atoms with van der Waals surface area (Å²) in [7, 11) is -4.04. The van der Waals surface area contributed by atoms with E-state index in [-0.39, 0.29) is 16.2 Å². The molecule has 0 bridgehead atoms. The van der Waals surface area contributed by atoms with Crippen molar-refractivity contribution in [3.63, 3.8) is 0 Å². The Hall–Kier alpha value is -3.36. The van der Waals surface area contributed by atoms with Crippen LogP contribution in [0.15, 0.2) is 82.7 Å². The maximum absolute atomic E-state index is 14.5. The third kappa shape index (κ3) is 3.87. The first-order chi connectivity index (χ1) is 14.3. The van der Waals surface area contributed by atoms with Crippen molar-refractivity contribution in [3.8, 4) is 0 Å². The van der Waals surface area contributed by atoms with Gasteiger partial charge in [0, 0.05) is 11.1 Å². The van der Waals surface area contributed by atoms with Crippen LogP contribution >= 0.6 is 0 Å². The minimum Gasteiger partial charge on any atom is -0.322 e. The number of amides is 1. The van der Waals surface area contributed by atoms with Gasteiger partial charge in [-0.25, -0.2) is 12.8 Å². The number of carbonyl (C=O) groups is 1. The summed E-state index contributed by atoms with van der Waals surface area (Å²) in [6, 6.07) is 19.0. The molecule has 1 heterocycles. The number of hydrogen-bond acceptors (Lipinski definition) is 4. The first-order valence-electron chi connectivity index (χ1n) is 9.17. The molecule has 1 aliphatic rings. The number of nitrogens with one attached hydrogen (secondary N) is 2. The van der Waals surface area contributed by atoms with Gasteiger partial charge in [0.1, 0.15) is 5.82 Å². The summed E-state index contributed by atoms with van der Waals surface area (Å²) in [6.07, 6.45) is -1.47. The van der Waals surface area contributed by atoms with E-state index in [1.54, 1.807) is 48.5 Å². The fraction of sp³-hybridized carbons (Fsp3) is 0.0909. The van der Waals surface area contributed by atoms with E-state index in [1.807, 2.05) is 6.92 Å². The molecule has 8 heteroatoms. The van der Waals surface area contributed by atoms with Gasteiger partial charge in [-0.2, -0.15) is 4.72 Å². The predicted octanol–water partition coefficient (Wildman–Crippen LogP) is 3.23. The summed E-state index contributed by atoms with van der Waals surface area (Å²) in [4.78, 5) is 17.1. The third-order valence-electron chi connectivity index (χ3n) is 4.67. The molecule has 30 heavy (non-hydrogen) atoms. The number of nitrogens with zero attached hydrogens (tertiary/aromatic N) is 1. The van der Waals surface area contributed by atoms with Crippen LogP contribution in [0.25, 0.3) is 0 Å². The molecular formula is C22H18FN3O3S. The Balaban J connectivity index is 1.81. The molecule has 3 aromatic rings. The minimum atomic E-state index is -4.04. The summed E-state index contributed by atoms with van der Waals surface area (Å²) >= 11 is 0. The van der Waals surface area contributed by atoms with Gasteiger partial charge in [-0.15, -0.1) is 0 Å². The van der Waals surface area contributed by atoms with Crippen molar-refractivity contribution in [1.82, 2.24) is 4.72 Å². The summed E-state index contributed by atoms with van der Waals surface area (Å²) in [5, 5.41) is 2.67. The molecule has 4 rings (SSSR count). The largest absolute Gasteiger partial charge is 0.322 e. The maximum Gasteiger partial charge on any atom is 0.264 e. The standard InChI is InChI=1S/C22H18FN3O3S/c1-14-10-12-15(13-11-14)30(28,29)26-21-22(27)24-19-9-5-3-7-17(19)20(25-21)16-6-2-4-8-18(16)23/h2-13,21,26H,1H3,(H,24,27). The zero-order chi connectivity index (χ0) is 21.3. The number of fused-ring (bicyclic) bond motifs is 1. The van der Waals surface area contributed by atoms with Crippen LogP contribution in [0.2, 0.25) is 0 Å². The van der Waals surface area contributed by atoms with E-state index >= 15 is 0 Å². The lowest BCUT2D eigenvalue weighted by molar-refractivity contribution is -0.117. The van der Waals surface area contributed by atoms with E-state index in [4.69, 9.17) is 0 Å². The molecule has 1 unspecified atom stereocenters. The number of halogens is 1. The van der Waals surface area contributed by atoms with Crippen LogP contribution in [-0.2, 0) is 14.8 Å². The van der Waals surface area contributed by atoms with E-state index < -0.39 is 27.9 Å². The maximum atomic E-state index is 14.5. The summed E-state index contributed by atoms with van der Waals surface area (Å²) in [5.74, 6) is -1.19. The second-order valence-electron chi connectivity index (χ2n) is 6.83. The number of rotatable bonds is 4. The molecule has 0 spiro atoms. The number of anilines is 1. The van der Waals surface area contributed by atoms with Crippen LogP contribution in [0.4, 0.5) is 10.1 Å². The molecule has 0 aliphatic carbocycles. The van der Waals surface area contributed by atoms with Crippen LogP contribution < -0.4 is 10.0 Å². The molecule has 1 amide bonds. The normalized spacial score (nSPS) is 16.3. The average molecular weight is 423 g/mol. The Kier molecular flexibility index (Phi) is 5.19. The quantitative estimate of drug-likeness (QED) is 0.675.